The van der Waals surface area contributed by atoms with Gasteiger partial charge in [-0.1, -0.05) is 29.5 Å². The van der Waals surface area contributed by atoms with Gasteiger partial charge in [0.15, 0.2) is 4.80 Å². The van der Waals surface area contributed by atoms with Crippen LogP contribution in [-0.2, 0) is 6.54 Å². The molecule has 0 aliphatic carbocycles. The van der Waals surface area contributed by atoms with Gasteiger partial charge in [0.2, 0.25) is 0 Å². The molecular formula is C22H22N4O3S. The molecule has 0 radical (unpaired) electrons. The number of benzene rings is 2. The van der Waals surface area contributed by atoms with E-state index in [-0.39, 0.29) is 11.3 Å². The smallest absolute Gasteiger partial charge is 0.293 e. The van der Waals surface area contributed by atoms with Gasteiger partial charge >= 0.3 is 0 Å². The van der Waals surface area contributed by atoms with Crippen molar-refractivity contribution < 1.29 is 9.72 Å². The van der Waals surface area contributed by atoms with E-state index in [2.05, 4.69) is 11.6 Å². The Morgan fingerprint density at radius 2 is 1.97 bits per heavy atom. The Bertz CT molecular complexity index is 1190. The van der Waals surface area contributed by atoms with Crippen LogP contribution < -0.4 is 9.70 Å². The van der Waals surface area contributed by atoms with Gasteiger partial charge in [-0.25, -0.2) is 0 Å². The zero-order valence-corrected chi connectivity index (χ0v) is 17.3. The second-order valence-corrected chi connectivity index (χ2v) is 8.19. The molecule has 8 heteroatoms. The van der Waals surface area contributed by atoms with Crippen molar-refractivity contribution >= 4 is 38.8 Å². The maximum absolute atomic E-state index is 12.9. The Labute approximate surface area is 177 Å². The van der Waals surface area contributed by atoms with Gasteiger partial charge in [-0.15, -0.1) is 6.58 Å². The predicted molar refractivity (Wildman–Crippen MR) is 119 cm³/mol. The van der Waals surface area contributed by atoms with Gasteiger partial charge < -0.3 is 9.47 Å². The predicted octanol–water partition coefficient (Wildman–Crippen LogP) is 4.53. The Hall–Kier alpha value is -3.26. The molecule has 0 spiro atoms. The average molecular weight is 423 g/mol. The van der Waals surface area contributed by atoms with Crippen molar-refractivity contribution in [1.82, 2.24) is 4.57 Å². The summed E-state index contributed by atoms with van der Waals surface area (Å²) in [5.74, 6) is -0.493. The van der Waals surface area contributed by atoms with Gasteiger partial charge in [-0.05, 0) is 43.5 Å². The topological polar surface area (TPSA) is 80.7 Å². The first-order valence-corrected chi connectivity index (χ1v) is 10.7. The lowest BCUT2D eigenvalue weighted by Crippen LogP contribution is -2.30. The normalized spacial score (nSPS) is 14.8. The third kappa shape index (κ3) is 3.91. The fourth-order valence-electron chi connectivity index (χ4n) is 3.77. The van der Waals surface area contributed by atoms with E-state index in [1.54, 1.807) is 18.2 Å². The first-order valence-electron chi connectivity index (χ1n) is 9.90. The fraction of sp³-hybridized carbons (Fsp3) is 0.273. The first-order chi connectivity index (χ1) is 14.6. The van der Waals surface area contributed by atoms with Crippen LogP contribution in [0.25, 0.3) is 10.2 Å². The van der Waals surface area contributed by atoms with Crippen LogP contribution in [0.1, 0.15) is 29.6 Å². The number of anilines is 1. The molecule has 0 bridgehead atoms. The van der Waals surface area contributed by atoms with Gasteiger partial charge in [-0.3, -0.25) is 14.9 Å². The summed E-state index contributed by atoms with van der Waals surface area (Å²) < 4.78 is 2.93. The number of para-hydroxylation sites is 1. The number of nitro groups is 1. The zero-order chi connectivity index (χ0) is 21.1. The summed E-state index contributed by atoms with van der Waals surface area (Å²) in [7, 11) is 0. The molecule has 30 heavy (non-hydrogen) atoms. The molecule has 1 amide bonds. The quantitative estimate of drug-likeness (QED) is 0.344. The molecule has 1 fully saturated rings. The van der Waals surface area contributed by atoms with Gasteiger partial charge in [-0.2, -0.15) is 4.99 Å². The number of hydrogen-bond donors (Lipinski definition) is 0. The molecule has 0 N–H and O–H groups in total. The van der Waals surface area contributed by atoms with Crippen LogP contribution in [0.5, 0.6) is 0 Å². The number of allylic oxidation sites excluding steroid dienone is 1. The standard InChI is InChI=1S/C22H22N4O3S/c1-2-12-25-18-8-4-5-9-20(18)30-22(25)23-21(27)16-10-11-17(19(15-16)26(28)29)24-13-6-3-7-14-24/h2,4-5,8-11,15H,1,3,6-7,12-14H2. The summed E-state index contributed by atoms with van der Waals surface area (Å²) in [6, 6.07) is 12.5. The summed E-state index contributed by atoms with van der Waals surface area (Å²) in [6.45, 7) is 5.89. The Balaban J connectivity index is 1.74. The molecule has 2 heterocycles. The number of fused-ring (bicyclic) bond motifs is 1. The van der Waals surface area contributed by atoms with Gasteiger partial charge in [0.05, 0.1) is 15.1 Å². The SMILES string of the molecule is C=CCn1c(=NC(=O)c2ccc(N3CCCCC3)c([N+](=O)[O-])c2)sc2ccccc21. The number of nitro benzene ring substituents is 1. The van der Waals surface area contributed by atoms with E-state index >= 15 is 0 Å². The molecule has 1 aliphatic heterocycles. The molecule has 1 aromatic heterocycles. The summed E-state index contributed by atoms with van der Waals surface area (Å²) in [5.41, 5.74) is 1.71. The Morgan fingerprint density at radius 3 is 2.70 bits per heavy atom. The molecule has 1 saturated heterocycles. The van der Waals surface area contributed by atoms with Crippen LogP contribution in [0.4, 0.5) is 11.4 Å². The highest BCUT2D eigenvalue weighted by Gasteiger charge is 2.23. The van der Waals surface area contributed by atoms with E-state index in [0.29, 0.717) is 17.0 Å². The highest BCUT2D eigenvalue weighted by Crippen LogP contribution is 2.31. The minimum Gasteiger partial charge on any atom is -0.366 e. The third-order valence-corrected chi connectivity index (χ3v) is 6.27. The lowest BCUT2D eigenvalue weighted by molar-refractivity contribution is -0.384. The minimum absolute atomic E-state index is 0.0479. The van der Waals surface area contributed by atoms with Crippen molar-refractivity contribution in [2.24, 2.45) is 4.99 Å². The number of carbonyl (C=O) groups is 1. The number of thiazole rings is 1. The molecule has 2 aromatic carbocycles. The molecule has 0 unspecified atom stereocenters. The monoisotopic (exact) mass is 422 g/mol. The molecule has 7 nitrogen and oxygen atoms in total. The van der Waals surface area contributed by atoms with Crippen LogP contribution in [0.15, 0.2) is 60.1 Å². The average Bonchev–Trinajstić information content (AvgIpc) is 3.11. The second-order valence-electron chi connectivity index (χ2n) is 7.18. The Kier molecular flexibility index (Phi) is 5.76. The Morgan fingerprint density at radius 1 is 1.20 bits per heavy atom. The van der Waals surface area contributed by atoms with E-state index < -0.39 is 10.8 Å². The third-order valence-electron chi connectivity index (χ3n) is 5.21. The maximum Gasteiger partial charge on any atom is 0.293 e. The molecule has 0 atom stereocenters. The van der Waals surface area contributed by atoms with Crippen LogP contribution >= 0.6 is 11.3 Å². The lowest BCUT2D eigenvalue weighted by Gasteiger charge is -2.28. The highest BCUT2D eigenvalue weighted by molar-refractivity contribution is 7.16. The first kappa shape index (κ1) is 20.0. The van der Waals surface area contributed by atoms with Gasteiger partial charge in [0.1, 0.15) is 5.69 Å². The van der Waals surface area contributed by atoms with Crippen molar-refractivity contribution in [2.45, 2.75) is 25.8 Å². The minimum atomic E-state index is -0.493. The summed E-state index contributed by atoms with van der Waals surface area (Å²) in [4.78, 5) is 31.0. The van der Waals surface area contributed by atoms with Crippen molar-refractivity contribution in [2.75, 3.05) is 18.0 Å². The summed E-state index contributed by atoms with van der Waals surface area (Å²) in [6.07, 6.45) is 4.92. The molecule has 3 aromatic rings. The molecule has 4 rings (SSSR count). The number of carbonyl (C=O) groups excluding carboxylic acids is 1. The van der Waals surface area contributed by atoms with Crippen LogP contribution in [-0.4, -0.2) is 28.5 Å². The molecule has 154 valence electrons. The van der Waals surface area contributed by atoms with Crippen molar-refractivity contribution in [1.29, 1.82) is 0 Å². The number of aromatic nitrogens is 1. The number of piperidine rings is 1. The van der Waals surface area contributed by atoms with Gasteiger partial charge in [0, 0.05) is 31.3 Å². The molecule has 0 saturated carbocycles. The van der Waals surface area contributed by atoms with Crippen LogP contribution in [0.2, 0.25) is 0 Å². The molecular weight excluding hydrogens is 400 g/mol. The van der Waals surface area contributed by atoms with E-state index in [1.807, 2.05) is 33.7 Å². The summed E-state index contributed by atoms with van der Waals surface area (Å²) >= 11 is 1.41. The second kappa shape index (κ2) is 8.62. The largest absolute Gasteiger partial charge is 0.366 e. The lowest BCUT2D eigenvalue weighted by atomic mass is 10.1. The van der Waals surface area contributed by atoms with Crippen LogP contribution in [0, 0.1) is 10.1 Å². The molecule has 1 aliphatic rings. The number of nitrogens with zero attached hydrogens (tertiary/aromatic N) is 4. The van der Waals surface area contributed by atoms with Crippen molar-refractivity contribution in [3.63, 3.8) is 0 Å². The van der Waals surface area contributed by atoms with E-state index in [4.69, 9.17) is 0 Å². The summed E-state index contributed by atoms with van der Waals surface area (Å²) in [5, 5.41) is 11.7. The van der Waals surface area contributed by atoms with Gasteiger partial charge in [0.25, 0.3) is 11.6 Å². The van der Waals surface area contributed by atoms with Crippen molar-refractivity contribution in [3.05, 3.63) is 75.6 Å². The zero-order valence-electron chi connectivity index (χ0n) is 16.5. The number of rotatable bonds is 5. The highest BCUT2D eigenvalue weighted by atomic mass is 32.1. The van der Waals surface area contributed by atoms with E-state index in [9.17, 15) is 14.9 Å². The number of hydrogen-bond acceptors (Lipinski definition) is 5. The van der Waals surface area contributed by atoms with E-state index in [0.717, 1.165) is 42.6 Å². The number of amides is 1. The van der Waals surface area contributed by atoms with Crippen molar-refractivity contribution in [3.8, 4) is 0 Å². The maximum atomic E-state index is 12.9. The van der Waals surface area contributed by atoms with E-state index in [1.165, 1.54) is 17.4 Å². The fourth-order valence-corrected chi connectivity index (χ4v) is 4.81. The van der Waals surface area contributed by atoms with Crippen LogP contribution in [0.3, 0.4) is 0 Å².